The van der Waals surface area contributed by atoms with E-state index in [-0.39, 0.29) is 18.1 Å². The van der Waals surface area contributed by atoms with Crippen molar-refractivity contribution < 1.29 is 19.3 Å². The topological polar surface area (TPSA) is 124 Å². The SMILES string of the molecule is Nc1nonc1C(=O)NCCCOCCO. The van der Waals surface area contributed by atoms with Gasteiger partial charge in [-0.05, 0) is 16.7 Å². The number of nitrogen functional groups attached to an aromatic ring is 1. The van der Waals surface area contributed by atoms with Crippen molar-refractivity contribution >= 4 is 11.7 Å². The Morgan fingerprint density at radius 1 is 1.50 bits per heavy atom. The lowest BCUT2D eigenvalue weighted by Gasteiger charge is -2.03. The van der Waals surface area contributed by atoms with Gasteiger partial charge in [0.15, 0.2) is 0 Å². The maximum atomic E-state index is 11.4. The molecule has 1 aromatic rings. The van der Waals surface area contributed by atoms with Crippen molar-refractivity contribution in [2.75, 3.05) is 32.1 Å². The molecule has 90 valence electrons. The Kier molecular flexibility index (Phi) is 5.23. The van der Waals surface area contributed by atoms with Gasteiger partial charge in [0.1, 0.15) is 0 Å². The van der Waals surface area contributed by atoms with E-state index in [0.29, 0.717) is 26.2 Å². The highest BCUT2D eigenvalue weighted by molar-refractivity contribution is 5.95. The van der Waals surface area contributed by atoms with E-state index in [1.807, 2.05) is 0 Å². The Labute approximate surface area is 91.7 Å². The second kappa shape index (κ2) is 6.75. The third-order valence-electron chi connectivity index (χ3n) is 1.72. The number of nitrogens with two attached hydrogens (primary N) is 1. The van der Waals surface area contributed by atoms with Crippen molar-refractivity contribution in [3.05, 3.63) is 5.69 Å². The van der Waals surface area contributed by atoms with E-state index < -0.39 is 5.91 Å². The van der Waals surface area contributed by atoms with Crippen LogP contribution in [0.25, 0.3) is 0 Å². The molecule has 0 aromatic carbocycles. The lowest BCUT2D eigenvalue weighted by Crippen LogP contribution is -2.26. The molecule has 8 heteroatoms. The zero-order valence-electron chi connectivity index (χ0n) is 8.68. The van der Waals surface area contributed by atoms with Crippen LogP contribution in [0.3, 0.4) is 0 Å². The largest absolute Gasteiger partial charge is 0.394 e. The minimum Gasteiger partial charge on any atom is -0.394 e. The molecule has 0 fully saturated rings. The van der Waals surface area contributed by atoms with Gasteiger partial charge in [-0.2, -0.15) is 0 Å². The molecule has 0 aliphatic heterocycles. The Balaban J connectivity index is 2.14. The van der Waals surface area contributed by atoms with E-state index in [1.54, 1.807) is 0 Å². The van der Waals surface area contributed by atoms with Crippen LogP contribution in [0.4, 0.5) is 5.82 Å². The molecule has 0 atom stereocenters. The highest BCUT2D eigenvalue weighted by Crippen LogP contribution is 2.02. The normalized spacial score (nSPS) is 10.3. The number of hydrogen-bond donors (Lipinski definition) is 3. The first kappa shape index (κ1) is 12.4. The van der Waals surface area contributed by atoms with E-state index in [9.17, 15) is 4.79 Å². The molecule has 0 aliphatic rings. The maximum absolute atomic E-state index is 11.4. The summed E-state index contributed by atoms with van der Waals surface area (Å²) >= 11 is 0. The molecule has 4 N–H and O–H groups in total. The van der Waals surface area contributed by atoms with Crippen LogP contribution in [0.5, 0.6) is 0 Å². The van der Waals surface area contributed by atoms with E-state index in [4.69, 9.17) is 15.6 Å². The highest BCUT2D eigenvalue weighted by atomic mass is 16.6. The summed E-state index contributed by atoms with van der Waals surface area (Å²) in [7, 11) is 0. The number of nitrogens with one attached hydrogen (secondary N) is 1. The van der Waals surface area contributed by atoms with Crippen LogP contribution in [0.15, 0.2) is 4.63 Å². The number of anilines is 1. The first-order chi connectivity index (χ1) is 7.75. The van der Waals surface area contributed by atoms with Gasteiger partial charge in [0, 0.05) is 13.2 Å². The molecule has 1 amide bonds. The summed E-state index contributed by atoms with van der Waals surface area (Å²) in [6.07, 6.45) is 0.636. The monoisotopic (exact) mass is 230 g/mol. The van der Waals surface area contributed by atoms with Gasteiger partial charge in [-0.15, -0.1) is 0 Å². The summed E-state index contributed by atoms with van der Waals surface area (Å²) in [6, 6.07) is 0. The summed E-state index contributed by atoms with van der Waals surface area (Å²) in [5.41, 5.74) is 5.31. The third kappa shape index (κ3) is 3.83. The number of carbonyl (C=O) groups excluding carboxylic acids is 1. The highest BCUT2D eigenvalue weighted by Gasteiger charge is 2.14. The van der Waals surface area contributed by atoms with Crippen LogP contribution in [-0.2, 0) is 4.74 Å². The summed E-state index contributed by atoms with van der Waals surface area (Å²) in [5, 5.41) is 17.7. The fourth-order valence-corrected chi connectivity index (χ4v) is 0.979. The summed E-state index contributed by atoms with van der Waals surface area (Å²) in [5.74, 6) is -0.463. The lowest BCUT2D eigenvalue weighted by molar-refractivity contribution is 0.0864. The number of aliphatic hydroxyl groups is 1. The van der Waals surface area contributed by atoms with E-state index in [1.165, 1.54) is 0 Å². The van der Waals surface area contributed by atoms with Gasteiger partial charge in [-0.1, -0.05) is 0 Å². The van der Waals surface area contributed by atoms with Crippen molar-refractivity contribution in [2.24, 2.45) is 0 Å². The van der Waals surface area contributed by atoms with Crippen molar-refractivity contribution in [2.45, 2.75) is 6.42 Å². The molecule has 0 saturated carbocycles. The molecule has 16 heavy (non-hydrogen) atoms. The number of nitrogens with zero attached hydrogens (tertiary/aromatic N) is 2. The zero-order chi connectivity index (χ0) is 11.8. The van der Waals surface area contributed by atoms with Crippen molar-refractivity contribution in [3.63, 3.8) is 0 Å². The minimum atomic E-state index is -0.430. The minimum absolute atomic E-state index is 0.00645. The van der Waals surface area contributed by atoms with Crippen LogP contribution in [0, 0.1) is 0 Å². The van der Waals surface area contributed by atoms with Crippen molar-refractivity contribution in [1.82, 2.24) is 15.6 Å². The van der Waals surface area contributed by atoms with Crippen molar-refractivity contribution in [1.29, 1.82) is 0 Å². The fraction of sp³-hybridized carbons (Fsp3) is 0.625. The fourth-order valence-electron chi connectivity index (χ4n) is 0.979. The molecular formula is C8H14N4O4. The molecule has 0 aliphatic carbocycles. The predicted octanol–water partition coefficient (Wildman–Crippen LogP) is -1.22. The number of aliphatic hydroxyl groups excluding tert-OH is 1. The van der Waals surface area contributed by atoms with Gasteiger partial charge in [-0.25, -0.2) is 4.63 Å². The molecule has 1 aromatic heterocycles. The van der Waals surface area contributed by atoms with Gasteiger partial charge in [0.25, 0.3) is 5.91 Å². The van der Waals surface area contributed by atoms with E-state index in [0.717, 1.165) is 0 Å². The third-order valence-corrected chi connectivity index (χ3v) is 1.72. The van der Waals surface area contributed by atoms with Gasteiger partial charge in [0.2, 0.25) is 11.5 Å². The maximum Gasteiger partial charge on any atom is 0.277 e. The first-order valence-electron chi connectivity index (χ1n) is 4.80. The van der Waals surface area contributed by atoms with Crippen LogP contribution in [0.2, 0.25) is 0 Å². The van der Waals surface area contributed by atoms with E-state index >= 15 is 0 Å². The number of rotatable bonds is 7. The smallest absolute Gasteiger partial charge is 0.277 e. The lowest BCUT2D eigenvalue weighted by atomic mass is 10.4. The Morgan fingerprint density at radius 2 is 2.31 bits per heavy atom. The molecule has 8 nitrogen and oxygen atoms in total. The molecule has 1 heterocycles. The van der Waals surface area contributed by atoms with Crippen LogP contribution in [0.1, 0.15) is 16.9 Å². The second-order valence-corrected chi connectivity index (χ2v) is 2.94. The quantitative estimate of drug-likeness (QED) is 0.501. The van der Waals surface area contributed by atoms with Gasteiger partial charge in [-0.3, -0.25) is 4.79 Å². The van der Waals surface area contributed by atoms with Gasteiger partial charge < -0.3 is 20.9 Å². The summed E-state index contributed by atoms with van der Waals surface area (Å²) in [6.45, 7) is 1.19. The number of carbonyl (C=O) groups is 1. The standard InChI is InChI=1S/C8H14N4O4/c9-7-6(11-16-12-7)8(14)10-2-1-4-15-5-3-13/h13H,1-5H2,(H2,9,12)(H,10,14). The average Bonchev–Trinajstić information content (AvgIpc) is 2.69. The molecule has 1 rings (SSSR count). The Bertz CT molecular complexity index is 328. The van der Waals surface area contributed by atoms with Gasteiger partial charge >= 0.3 is 0 Å². The molecule has 0 bridgehead atoms. The molecular weight excluding hydrogens is 216 g/mol. The molecule has 0 saturated heterocycles. The average molecular weight is 230 g/mol. The predicted molar refractivity (Wildman–Crippen MR) is 53.6 cm³/mol. The number of hydrogen-bond acceptors (Lipinski definition) is 7. The molecule has 0 unspecified atom stereocenters. The van der Waals surface area contributed by atoms with Crippen LogP contribution < -0.4 is 11.1 Å². The molecule has 0 radical (unpaired) electrons. The number of aromatic nitrogens is 2. The van der Waals surface area contributed by atoms with Gasteiger partial charge in [0.05, 0.1) is 13.2 Å². The Morgan fingerprint density at radius 3 is 2.94 bits per heavy atom. The molecule has 0 spiro atoms. The Hall–Kier alpha value is -1.67. The van der Waals surface area contributed by atoms with Crippen LogP contribution in [-0.4, -0.2) is 47.7 Å². The number of ether oxygens (including phenoxy) is 1. The summed E-state index contributed by atoms with van der Waals surface area (Å²) < 4.78 is 9.29. The first-order valence-corrected chi connectivity index (χ1v) is 4.80. The second-order valence-electron chi connectivity index (χ2n) is 2.94. The van der Waals surface area contributed by atoms with Crippen LogP contribution >= 0.6 is 0 Å². The number of amides is 1. The zero-order valence-corrected chi connectivity index (χ0v) is 8.68. The van der Waals surface area contributed by atoms with E-state index in [2.05, 4.69) is 20.3 Å². The summed E-state index contributed by atoms with van der Waals surface area (Å²) in [4.78, 5) is 11.4. The van der Waals surface area contributed by atoms with Crippen molar-refractivity contribution in [3.8, 4) is 0 Å².